The zero-order chi connectivity index (χ0) is 15.4. The molecule has 0 aromatic carbocycles. The van der Waals surface area contributed by atoms with E-state index < -0.39 is 0 Å². The Labute approximate surface area is 190 Å². The van der Waals surface area contributed by atoms with Crippen LogP contribution in [0.15, 0.2) is 11.6 Å². The van der Waals surface area contributed by atoms with Crippen molar-refractivity contribution in [3.05, 3.63) is 11.6 Å². The summed E-state index contributed by atoms with van der Waals surface area (Å²) in [5.74, 6) is 2.19. The number of fused-ring (bicyclic) bond motifs is 5. The number of ether oxygens (including phenoxy) is 1. The van der Waals surface area contributed by atoms with Crippen molar-refractivity contribution < 1.29 is 68.0 Å². The van der Waals surface area contributed by atoms with Gasteiger partial charge in [0.1, 0.15) is 0 Å². The Morgan fingerprint density at radius 1 is 1.17 bits per heavy atom. The molecule has 0 radical (unpaired) electrons. The van der Waals surface area contributed by atoms with E-state index >= 15 is 0 Å². The molecule has 0 aromatic rings. The van der Waals surface area contributed by atoms with Crippen molar-refractivity contribution >= 4 is 0 Å². The molecular formula is C20H31O2Rb. The number of rotatable bonds is 2. The SMILES string of the molecule is COC1CCC2C3CC=C4CCCCC4(C[O-])C3CCC12C.[Rb+]. The molecule has 0 N–H and O–H groups in total. The van der Waals surface area contributed by atoms with E-state index in [2.05, 4.69) is 13.0 Å². The maximum absolute atomic E-state index is 12.3. The van der Waals surface area contributed by atoms with Crippen molar-refractivity contribution in [1.29, 1.82) is 0 Å². The molecule has 0 saturated heterocycles. The van der Waals surface area contributed by atoms with Crippen LogP contribution in [0.2, 0.25) is 0 Å². The van der Waals surface area contributed by atoms with E-state index in [1.54, 1.807) is 5.57 Å². The van der Waals surface area contributed by atoms with Gasteiger partial charge in [0.15, 0.2) is 0 Å². The Bertz CT molecular complexity index is 476. The average Bonchev–Trinajstić information content (AvgIpc) is 2.90. The first-order valence-corrected chi connectivity index (χ1v) is 9.46. The topological polar surface area (TPSA) is 32.3 Å². The van der Waals surface area contributed by atoms with Crippen LogP contribution in [0.5, 0.6) is 0 Å². The molecule has 0 aromatic heterocycles. The van der Waals surface area contributed by atoms with Gasteiger partial charge in [-0.3, -0.25) is 0 Å². The molecule has 4 aliphatic carbocycles. The van der Waals surface area contributed by atoms with Gasteiger partial charge >= 0.3 is 58.2 Å². The Hall–Kier alpha value is 1.47. The second kappa shape index (κ2) is 7.23. The normalized spacial score (nSPS) is 48.6. The van der Waals surface area contributed by atoms with Crippen molar-refractivity contribution in [3.63, 3.8) is 0 Å². The van der Waals surface area contributed by atoms with Gasteiger partial charge < -0.3 is 9.84 Å². The third-order valence-electron chi connectivity index (χ3n) is 8.20. The Kier molecular flexibility index (Phi) is 6.05. The first-order valence-electron chi connectivity index (χ1n) is 9.46. The van der Waals surface area contributed by atoms with Crippen LogP contribution >= 0.6 is 0 Å². The van der Waals surface area contributed by atoms with Gasteiger partial charge in [-0.1, -0.05) is 25.0 Å². The predicted octanol–water partition coefficient (Wildman–Crippen LogP) is 0.699. The maximum Gasteiger partial charge on any atom is 1.00 e. The molecule has 4 aliphatic rings. The summed E-state index contributed by atoms with van der Waals surface area (Å²) in [5.41, 5.74) is 1.95. The molecule has 2 nitrogen and oxygen atoms in total. The van der Waals surface area contributed by atoms with Gasteiger partial charge in [-0.25, -0.2) is 0 Å². The number of allylic oxidation sites excluding steroid dienone is 1. The summed E-state index contributed by atoms with van der Waals surface area (Å²) in [5, 5.41) is 12.3. The van der Waals surface area contributed by atoms with E-state index in [4.69, 9.17) is 4.74 Å². The van der Waals surface area contributed by atoms with E-state index in [1.807, 2.05) is 7.11 Å². The second-order valence-electron chi connectivity index (χ2n) is 8.70. The van der Waals surface area contributed by atoms with E-state index in [9.17, 15) is 5.11 Å². The third kappa shape index (κ3) is 2.77. The second-order valence-corrected chi connectivity index (χ2v) is 8.70. The van der Waals surface area contributed by atoms with Crippen LogP contribution in [0.4, 0.5) is 0 Å². The largest absolute Gasteiger partial charge is 1.00 e. The van der Waals surface area contributed by atoms with E-state index in [0.29, 0.717) is 17.4 Å². The number of hydrogen-bond acceptors (Lipinski definition) is 2. The van der Waals surface area contributed by atoms with Crippen LogP contribution in [0.1, 0.15) is 64.7 Å². The molecule has 124 valence electrons. The Balaban J connectivity index is 0.00000156. The molecule has 23 heavy (non-hydrogen) atoms. The van der Waals surface area contributed by atoms with Gasteiger partial charge in [-0.2, -0.15) is 0 Å². The number of hydrogen-bond donors (Lipinski definition) is 0. The molecule has 0 aliphatic heterocycles. The van der Waals surface area contributed by atoms with Crippen LogP contribution in [-0.4, -0.2) is 19.8 Å². The minimum atomic E-state index is 0. The summed E-state index contributed by atoms with van der Waals surface area (Å²) in [6.07, 6.45) is 14.2. The Morgan fingerprint density at radius 3 is 2.74 bits per heavy atom. The van der Waals surface area contributed by atoms with Crippen LogP contribution < -0.4 is 63.3 Å². The van der Waals surface area contributed by atoms with Crippen LogP contribution in [0.25, 0.3) is 0 Å². The van der Waals surface area contributed by atoms with Gasteiger partial charge in [-0.05, 0) is 80.0 Å². The van der Waals surface area contributed by atoms with Crippen LogP contribution in [0, 0.1) is 28.6 Å². The van der Waals surface area contributed by atoms with Gasteiger partial charge in [0.25, 0.3) is 0 Å². The van der Waals surface area contributed by atoms with Crippen molar-refractivity contribution in [3.8, 4) is 0 Å². The van der Waals surface area contributed by atoms with Gasteiger partial charge in [-0.15, -0.1) is 6.61 Å². The number of methoxy groups -OCH3 is 1. The summed E-state index contributed by atoms with van der Waals surface area (Å²) >= 11 is 0. The van der Waals surface area contributed by atoms with Gasteiger partial charge in [0.2, 0.25) is 0 Å². The average molecular weight is 389 g/mol. The molecule has 0 heterocycles. The fourth-order valence-corrected chi connectivity index (χ4v) is 7.09. The zero-order valence-corrected chi connectivity index (χ0v) is 20.2. The maximum atomic E-state index is 12.3. The predicted molar refractivity (Wildman–Crippen MR) is 86.3 cm³/mol. The van der Waals surface area contributed by atoms with Crippen molar-refractivity contribution in [2.75, 3.05) is 13.7 Å². The minimum absolute atomic E-state index is 0. The fourth-order valence-electron chi connectivity index (χ4n) is 7.09. The van der Waals surface area contributed by atoms with Gasteiger partial charge in [0.05, 0.1) is 6.10 Å². The summed E-state index contributed by atoms with van der Waals surface area (Å²) in [6.45, 7) is 2.61. The molecule has 4 rings (SSSR count). The zero-order valence-electron chi connectivity index (χ0n) is 15.3. The fraction of sp³-hybridized carbons (Fsp3) is 0.900. The molecule has 3 saturated carbocycles. The minimum Gasteiger partial charge on any atom is -0.854 e. The summed E-state index contributed by atoms with van der Waals surface area (Å²) in [7, 11) is 1.89. The summed E-state index contributed by atoms with van der Waals surface area (Å²) < 4.78 is 5.84. The van der Waals surface area contributed by atoms with Gasteiger partial charge in [0, 0.05) is 7.11 Å². The summed E-state index contributed by atoms with van der Waals surface area (Å²) in [4.78, 5) is 0. The van der Waals surface area contributed by atoms with Crippen molar-refractivity contribution in [2.45, 2.75) is 70.8 Å². The van der Waals surface area contributed by atoms with Crippen LogP contribution in [0.3, 0.4) is 0 Å². The van der Waals surface area contributed by atoms with E-state index in [-0.39, 0.29) is 70.2 Å². The first kappa shape index (κ1) is 19.2. The molecule has 6 unspecified atom stereocenters. The van der Waals surface area contributed by atoms with Crippen LogP contribution in [-0.2, 0) is 4.74 Å². The molecule has 6 atom stereocenters. The van der Waals surface area contributed by atoms with E-state index in [0.717, 1.165) is 11.8 Å². The van der Waals surface area contributed by atoms with Crippen molar-refractivity contribution in [2.24, 2.45) is 28.6 Å². The quantitative estimate of drug-likeness (QED) is 0.652. The molecule has 0 spiro atoms. The molecular weight excluding hydrogens is 358 g/mol. The molecule has 3 fully saturated rings. The molecule has 3 heteroatoms. The Morgan fingerprint density at radius 2 is 2.00 bits per heavy atom. The van der Waals surface area contributed by atoms with Crippen molar-refractivity contribution in [1.82, 2.24) is 0 Å². The smallest absolute Gasteiger partial charge is 0.854 e. The standard InChI is InChI=1S/C20H31O2.Rb/c1-19-12-10-17-15(16(19)8-9-18(19)22-2)7-6-14-5-3-4-11-20(14,17)13-21;/h6,15-18H,3-5,7-13H2,1-2H3;/q-1;+1. The third-order valence-corrected chi connectivity index (χ3v) is 8.20. The first-order chi connectivity index (χ1) is 10.7. The molecule has 0 amide bonds. The van der Waals surface area contributed by atoms with E-state index in [1.165, 1.54) is 57.8 Å². The monoisotopic (exact) mass is 388 g/mol. The summed E-state index contributed by atoms with van der Waals surface area (Å²) in [6, 6.07) is 0. The molecule has 0 bridgehead atoms.